The topological polar surface area (TPSA) is 43.4 Å². The number of rotatable bonds is 3. The van der Waals surface area contributed by atoms with Crippen molar-refractivity contribution in [2.24, 2.45) is 0 Å². The lowest BCUT2D eigenvalue weighted by Crippen LogP contribution is -2.18. The van der Waals surface area contributed by atoms with Crippen molar-refractivity contribution in [1.29, 1.82) is 0 Å². The molecule has 0 saturated carbocycles. The average molecular weight is 174 g/mol. The van der Waals surface area contributed by atoms with E-state index in [0.29, 0.717) is 0 Å². The molecule has 1 aliphatic carbocycles. The van der Waals surface area contributed by atoms with Gasteiger partial charge in [0.2, 0.25) is 0 Å². The minimum Gasteiger partial charge on any atom is -0.270 e. The van der Waals surface area contributed by atoms with Crippen molar-refractivity contribution < 1.29 is 12.6 Å². The summed E-state index contributed by atoms with van der Waals surface area (Å²) in [4.78, 5) is 0. The second kappa shape index (κ2) is 3.19. The normalized spacial score (nSPS) is 17.9. The summed E-state index contributed by atoms with van der Waals surface area (Å²) in [6, 6.07) is 0. The minimum atomic E-state index is -3.38. The molecule has 0 aliphatic heterocycles. The summed E-state index contributed by atoms with van der Waals surface area (Å²) >= 11 is 0. The van der Waals surface area contributed by atoms with Gasteiger partial charge >= 0.3 is 0 Å². The van der Waals surface area contributed by atoms with Crippen LogP contribution in [0.25, 0.3) is 0 Å². The van der Waals surface area contributed by atoms with Crippen molar-refractivity contribution in [3.8, 4) is 0 Å². The number of allylic oxidation sites excluding steroid dienone is 2. The van der Waals surface area contributed by atoms with Gasteiger partial charge in [-0.3, -0.25) is 4.18 Å². The molecule has 3 nitrogen and oxygen atoms in total. The molecular weight excluding hydrogens is 164 g/mol. The SMILES string of the molecule is CCOS(=O)(=O)C1C=CC=C1. The summed E-state index contributed by atoms with van der Waals surface area (Å²) in [7, 11) is -3.38. The highest BCUT2D eigenvalue weighted by molar-refractivity contribution is 7.87. The first-order valence-corrected chi connectivity index (χ1v) is 4.87. The Morgan fingerprint density at radius 1 is 1.36 bits per heavy atom. The fourth-order valence-corrected chi connectivity index (χ4v) is 1.90. The smallest absolute Gasteiger partial charge is 0.270 e. The zero-order valence-electron chi connectivity index (χ0n) is 6.23. The highest BCUT2D eigenvalue weighted by Gasteiger charge is 2.21. The standard InChI is InChI=1S/C7H10O3S/c1-2-10-11(8,9)7-5-3-4-6-7/h3-7H,2H2,1H3. The largest absolute Gasteiger partial charge is 0.277 e. The van der Waals surface area contributed by atoms with Crippen molar-refractivity contribution in [2.45, 2.75) is 12.2 Å². The molecule has 4 heteroatoms. The molecule has 0 atom stereocenters. The van der Waals surface area contributed by atoms with Crippen molar-refractivity contribution in [3.63, 3.8) is 0 Å². The van der Waals surface area contributed by atoms with Crippen molar-refractivity contribution >= 4 is 10.1 Å². The second-order valence-electron chi connectivity index (χ2n) is 2.13. The van der Waals surface area contributed by atoms with Gasteiger partial charge in [0.25, 0.3) is 10.1 Å². The fourth-order valence-electron chi connectivity index (χ4n) is 0.847. The Hall–Kier alpha value is -0.610. The predicted molar refractivity (Wildman–Crippen MR) is 42.6 cm³/mol. The van der Waals surface area contributed by atoms with Gasteiger partial charge in [-0.25, -0.2) is 0 Å². The molecule has 1 aliphatic rings. The van der Waals surface area contributed by atoms with E-state index in [-0.39, 0.29) is 6.61 Å². The van der Waals surface area contributed by atoms with E-state index < -0.39 is 15.4 Å². The molecule has 0 spiro atoms. The fraction of sp³-hybridized carbons (Fsp3) is 0.429. The Labute approximate surface area is 66.5 Å². The average Bonchev–Trinajstić information content (AvgIpc) is 2.37. The van der Waals surface area contributed by atoms with Crippen LogP contribution in [0, 0.1) is 0 Å². The summed E-state index contributed by atoms with van der Waals surface area (Å²) in [5, 5.41) is -0.581. The molecular formula is C7H10O3S. The predicted octanol–water partition coefficient (Wildman–Crippen LogP) is 0.847. The summed E-state index contributed by atoms with van der Waals surface area (Å²) in [6.45, 7) is 1.85. The third-order valence-electron chi connectivity index (χ3n) is 1.33. The molecule has 11 heavy (non-hydrogen) atoms. The molecule has 0 radical (unpaired) electrons. The monoisotopic (exact) mass is 174 g/mol. The summed E-state index contributed by atoms with van der Waals surface area (Å²) in [5.41, 5.74) is 0. The van der Waals surface area contributed by atoms with Gasteiger partial charge in [0.15, 0.2) is 0 Å². The zero-order chi connectivity index (χ0) is 8.32. The Morgan fingerprint density at radius 2 is 1.91 bits per heavy atom. The highest BCUT2D eigenvalue weighted by Crippen LogP contribution is 2.12. The van der Waals surface area contributed by atoms with Crippen LogP contribution in [0.1, 0.15) is 6.92 Å². The van der Waals surface area contributed by atoms with Gasteiger partial charge in [-0.1, -0.05) is 24.3 Å². The molecule has 1 rings (SSSR count). The molecule has 0 N–H and O–H groups in total. The zero-order valence-corrected chi connectivity index (χ0v) is 7.04. The van der Waals surface area contributed by atoms with Crippen molar-refractivity contribution in [2.75, 3.05) is 6.61 Å². The molecule has 0 amide bonds. The van der Waals surface area contributed by atoms with E-state index in [9.17, 15) is 8.42 Å². The van der Waals surface area contributed by atoms with Gasteiger partial charge < -0.3 is 0 Å². The van der Waals surface area contributed by atoms with Crippen LogP contribution in [0.2, 0.25) is 0 Å². The number of hydrogen-bond acceptors (Lipinski definition) is 3. The van der Waals surface area contributed by atoms with Crippen molar-refractivity contribution in [1.82, 2.24) is 0 Å². The lowest BCUT2D eigenvalue weighted by atomic mass is 10.5. The van der Waals surface area contributed by atoms with E-state index >= 15 is 0 Å². The van der Waals surface area contributed by atoms with Crippen molar-refractivity contribution in [3.05, 3.63) is 24.3 Å². The van der Waals surface area contributed by atoms with Crippen LogP contribution in [0.3, 0.4) is 0 Å². The van der Waals surface area contributed by atoms with Crippen LogP contribution < -0.4 is 0 Å². The van der Waals surface area contributed by atoms with E-state index in [1.54, 1.807) is 31.2 Å². The van der Waals surface area contributed by atoms with Crippen LogP contribution in [0.5, 0.6) is 0 Å². The molecule has 0 fully saturated rings. The van der Waals surface area contributed by atoms with E-state index in [0.717, 1.165) is 0 Å². The first-order chi connectivity index (χ1) is 5.17. The van der Waals surface area contributed by atoms with Crippen LogP contribution in [-0.2, 0) is 14.3 Å². The lowest BCUT2D eigenvalue weighted by molar-refractivity contribution is 0.337. The second-order valence-corrected chi connectivity index (χ2v) is 3.90. The van der Waals surface area contributed by atoms with Crippen LogP contribution in [-0.4, -0.2) is 20.3 Å². The van der Waals surface area contributed by atoms with E-state index in [4.69, 9.17) is 0 Å². The van der Waals surface area contributed by atoms with Gasteiger partial charge in [-0.2, -0.15) is 8.42 Å². The first kappa shape index (κ1) is 8.49. The molecule has 0 unspecified atom stereocenters. The molecule has 0 aromatic rings. The maximum absolute atomic E-state index is 11.1. The lowest BCUT2D eigenvalue weighted by Gasteiger charge is -2.05. The van der Waals surface area contributed by atoms with Gasteiger partial charge in [0.05, 0.1) is 6.61 Å². The Bertz CT molecular complexity index is 262. The van der Waals surface area contributed by atoms with E-state index in [2.05, 4.69) is 4.18 Å². The molecule has 0 saturated heterocycles. The van der Waals surface area contributed by atoms with Gasteiger partial charge in [0, 0.05) is 0 Å². The van der Waals surface area contributed by atoms with E-state index in [1.807, 2.05) is 0 Å². The van der Waals surface area contributed by atoms with Crippen LogP contribution in [0.4, 0.5) is 0 Å². The first-order valence-electron chi connectivity index (χ1n) is 3.40. The third-order valence-corrected chi connectivity index (χ3v) is 2.87. The Balaban J connectivity index is 2.73. The molecule has 0 aromatic carbocycles. The van der Waals surface area contributed by atoms with Gasteiger partial charge in [-0.15, -0.1) is 0 Å². The van der Waals surface area contributed by atoms with Crippen LogP contribution in [0.15, 0.2) is 24.3 Å². The maximum atomic E-state index is 11.1. The summed E-state index contributed by atoms with van der Waals surface area (Å²) in [5.74, 6) is 0. The van der Waals surface area contributed by atoms with Gasteiger partial charge in [0.1, 0.15) is 5.25 Å². The molecule has 0 bridgehead atoms. The quantitative estimate of drug-likeness (QED) is 0.596. The summed E-state index contributed by atoms with van der Waals surface area (Å²) < 4.78 is 26.8. The highest BCUT2D eigenvalue weighted by atomic mass is 32.2. The van der Waals surface area contributed by atoms with E-state index in [1.165, 1.54) is 0 Å². The minimum absolute atomic E-state index is 0.195. The third kappa shape index (κ3) is 1.91. The van der Waals surface area contributed by atoms with Crippen LogP contribution >= 0.6 is 0 Å². The molecule has 0 aromatic heterocycles. The molecule has 62 valence electrons. The summed E-state index contributed by atoms with van der Waals surface area (Å²) in [6.07, 6.45) is 6.57. The Morgan fingerprint density at radius 3 is 2.36 bits per heavy atom. The molecule has 0 heterocycles. The maximum Gasteiger partial charge on any atom is 0.277 e. The van der Waals surface area contributed by atoms with Gasteiger partial charge in [-0.05, 0) is 6.92 Å². The number of hydrogen-bond donors (Lipinski definition) is 0. The Kier molecular flexibility index (Phi) is 2.46.